The van der Waals surface area contributed by atoms with Gasteiger partial charge in [0.05, 0.1) is 12.8 Å². The van der Waals surface area contributed by atoms with E-state index in [0.717, 1.165) is 11.1 Å². The molecule has 0 aliphatic rings. The Kier molecular flexibility index (Phi) is 4.82. The number of methoxy groups -OCH3 is 1. The van der Waals surface area contributed by atoms with Crippen molar-refractivity contribution < 1.29 is 9.53 Å². The predicted octanol–water partition coefficient (Wildman–Crippen LogP) is 3.08. The molecule has 3 rings (SSSR count). The lowest BCUT2D eigenvalue weighted by atomic mass is 10.1. The van der Waals surface area contributed by atoms with Gasteiger partial charge in [-0.25, -0.2) is 0 Å². The van der Waals surface area contributed by atoms with Crippen molar-refractivity contribution in [3.63, 3.8) is 0 Å². The summed E-state index contributed by atoms with van der Waals surface area (Å²) in [6.07, 6.45) is 1.58. The maximum Gasteiger partial charge on any atom is 0.274 e. The highest BCUT2D eigenvalue weighted by molar-refractivity contribution is 6.03. The van der Waals surface area contributed by atoms with Crippen molar-refractivity contribution in [2.45, 2.75) is 0 Å². The Labute approximate surface area is 146 Å². The van der Waals surface area contributed by atoms with Gasteiger partial charge in [-0.15, -0.1) is 0 Å². The van der Waals surface area contributed by atoms with Gasteiger partial charge in [-0.2, -0.15) is 5.10 Å². The highest BCUT2D eigenvalue weighted by Crippen LogP contribution is 2.25. The predicted molar refractivity (Wildman–Crippen MR) is 96.6 cm³/mol. The first kappa shape index (κ1) is 16.3. The van der Waals surface area contributed by atoms with Crippen LogP contribution in [0.3, 0.4) is 0 Å². The number of nitrogens with one attached hydrogen (secondary N) is 1. The van der Waals surface area contributed by atoms with Gasteiger partial charge in [0.25, 0.3) is 5.91 Å². The standard InChI is InChI=1S/C20H17N3O2/c1-23-18(12-13-21-23)20(24)22-17-11-10-16(14-19(17)25-2)9-8-15-6-4-3-5-7-15/h3-7,10-14H,1-2H3,(H,22,24). The van der Waals surface area contributed by atoms with Crippen molar-refractivity contribution in [3.8, 4) is 17.6 Å². The number of amides is 1. The lowest BCUT2D eigenvalue weighted by Crippen LogP contribution is -2.16. The third-order valence-corrected chi connectivity index (χ3v) is 3.63. The molecule has 1 N–H and O–H groups in total. The molecule has 1 aromatic heterocycles. The van der Waals surface area contributed by atoms with E-state index in [-0.39, 0.29) is 5.91 Å². The Morgan fingerprint density at radius 1 is 1.08 bits per heavy atom. The second-order valence-corrected chi connectivity index (χ2v) is 5.33. The van der Waals surface area contributed by atoms with Crippen LogP contribution in [0.25, 0.3) is 0 Å². The first-order valence-corrected chi connectivity index (χ1v) is 7.72. The SMILES string of the molecule is COc1cc(C#Cc2ccccc2)ccc1NC(=O)c1ccnn1C. The fourth-order valence-electron chi connectivity index (χ4n) is 2.32. The minimum Gasteiger partial charge on any atom is -0.495 e. The monoisotopic (exact) mass is 331 g/mol. The number of ether oxygens (including phenoxy) is 1. The van der Waals surface area contributed by atoms with E-state index in [0.29, 0.717) is 17.1 Å². The Balaban J connectivity index is 1.82. The number of rotatable bonds is 3. The molecule has 0 saturated heterocycles. The van der Waals surface area contributed by atoms with E-state index in [4.69, 9.17) is 4.74 Å². The van der Waals surface area contributed by atoms with E-state index in [9.17, 15) is 4.79 Å². The van der Waals surface area contributed by atoms with Gasteiger partial charge < -0.3 is 10.1 Å². The number of nitrogens with zero attached hydrogens (tertiary/aromatic N) is 2. The highest BCUT2D eigenvalue weighted by atomic mass is 16.5. The van der Waals surface area contributed by atoms with Crippen molar-refractivity contribution in [2.75, 3.05) is 12.4 Å². The van der Waals surface area contributed by atoms with Crippen LogP contribution >= 0.6 is 0 Å². The van der Waals surface area contributed by atoms with Crippen molar-refractivity contribution >= 4 is 11.6 Å². The molecule has 0 atom stereocenters. The number of aryl methyl sites for hydroxylation is 1. The average molecular weight is 331 g/mol. The van der Waals surface area contributed by atoms with Crippen molar-refractivity contribution in [2.24, 2.45) is 7.05 Å². The van der Waals surface area contributed by atoms with Gasteiger partial charge >= 0.3 is 0 Å². The lowest BCUT2D eigenvalue weighted by molar-refractivity contribution is 0.101. The van der Waals surface area contributed by atoms with Crippen molar-refractivity contribution in [3.05, 3.63) is 77.6 Å². The normalized spacial score (nSPS) is 9.84. The quantitative estimate of drug-likeness (QED) is 0.751. The molecule has 0 unspecified atom stereocenters. The molecule has 1 heterocycles. The second-order valence-electron chi connectivity index (χ2n) is 5.33. The summed E-state index contributed by atoms with van der Waals surface area (Å²) in [4.78, 5) is 12.3. The van der Waals surface area contributed by atoms with Gasteiger partial charge in [-0.3, -0.25) is 9.48 Å². The summed E-state index contributed by atoms with van der Waals surface area (Å²) in [6.45, 7) is 0. The van der Waals surface area contributed by atoms with E-state index in [1.54, 1.807) is 38.6 Å². The van der Waals surface area contributed by atoms with E-state index >= 15 is 0 Å². The number of hydrogen-bond donors (Lipinski definition) is 1. The first-order valence-electron chi connectivity index (χ1n) is 7.72. The van der Waals surface area contributed by atoms with Crippen LogP contribution in [0.4, 0.5) is 5.69 Å². The molecule has 5 nitrogen and oxygen atoms in total. The summed E-state index contributed by atoms with van der Waals surface area (Å²) in [5, 5.41) is 6.83. The Morgan fingerprint density at radius 2 is 1.84 bits per heavy atom. The number of hydrogen-bond acceptors (Lipinski definition) is 3. The van der Waals surface area contributed by atoms with Gasteiger partial charge in [0.2, 0.25) is 0 Å². The maximum atomic E-state index is 12.3. The molecule has 5 heteroatoms. The molecule has 25 heavy (non-hydrogen) atoms. The number of benzene rings is 2. The van der Waals surface area contributed by atoms with Gasteiger partial charge in [-0.1, -0.05) is 30.0 Å². The third-order valence-electron chi connectivity index (χ3n) is 3.63. The number of carbonyl (C=O) groups excluding carboxylic acids is 1. The van der Waals surface area contributed by atoms with Gasteiger partial charge in [0.1, 0.15) is 11.4 Å². The summed E-state index contributed by atoms with van der Waals surface area (Å²) in [5.74, 6) is 6.50. The molecule has 2 aromatic carbocycles. The Morgan fingerprint density at radius 3 is 2.52 bits per heavy atom. The van der Waals surface area contributed by atoms with E-state index in [2.05, 4.69) is 22.3 Å². The summed E-state index contributed by atoms with van der Waals surface area (Å²) in [6, 6.07) is 16.8. The van der Waals surface area contributed by atoms with Crippen LogP contribution in [-0.4, -0.2) is 22.8 Å². The zero-order valence-electron chi connectivity index (χ0n) is 14.0. The molecule has 0 aliphatic heterocycles. The van der Waals surface area contributed by atoms with E-state index in [1.165, 1.54) is 4.68 Å². The summed E-state index contributed by atoms with van der Waals surface area (Å²) < 4.78 is 6.90. The van der Waals surface area contributed by atoms with Gasteiger partial charge in [-0.05, 0) is 36.4 Å². The molecule has 0 saturated carbocycles. The number of carbonyl (C=O) groups is 1. The average Bonchev–Trinajstić information content (AvgIpc) is 3.07. The molecule has 0 aliphatic carbocycles. The zero-order chi connectivity index (χ0) is 17.6. The molecule has 0 fully saturated rings. The topological polar surface area (TPSA) is 56.1 Å². The maximum absolute atomic E-state index is 12.3. The fraction of sp³-hybridized carbons (Fsp3) is 0.100. The van der Waals surface area contributed by atoms with Crippen LogP contribution in [0.5, 0.6) is 5.75 Å². The van der Waals surface area contributed by atoms with E-state index in [1.807, 2.05) is 36.4 Å². The summed E-state index contributed by atoms with van der Waals surface area (Å²) >= 11 is 0. The minimum atomic E-state index is -0.249. The van der Waals surface area contributed by atoms with Crippen LogP contribution < -0.4 is 10.1 Å². The zero-order valence-corrected chi connectivity index (χ0v) is 14.0. The molecule has 0 spiro atoms. The minimum absolute atomic E-state index is 0.249. The lowest BCUT2D eigenvalue weighted by Gasteiger charge is -2.10. The van der Waals surface area contributed by atoms with E-state index < -0.39 is 0 Å². The van der Waals surface area contributed by atoms with Gasteiger partial charge in [0.15, 0.2) is 0 Å². The molecule has 0 bridgehead atoms. The molecular formula is C20H17N3O2. The highest BCUT2D eigenvalue weighted by Gasteiger charge is 2.13. The summed E-state index contributed by atoms with van der Waals surface area (Å²) in [5.41, 5.74) is 2.79. The number of anilines is 1. The fourth-order valence-corrected chi connectivity index (χ4v) is 2.32. The number of aromatic nitrogens is 2. The Hall–Kier alpha value is -3.52. The van der Waals surface area contributed by atoms with Crippen LogP contribution in [0, 0.1) is 11.8 Å². The Bertz CT molecular complexity index is 950. The van der Waals surface area contributed by atoms with Crippen LogP contribution in [-0.2, 0) is 7.05 Å². The first-order chi connectivity index (χ1) is 12.2. The molecule has 1 amide bonds. The molecule has 124 valence electrons. The largest absolute Gasteiger partial charge is 0.495 e. The second kappa shape index (κ2) is 7.37. The van der Waals surface area contributed by atoms with Crippen LogP contribution in [0.15, 0.2) is 60.8 Å². The third kappa shape index (κ3) is 3.88. The van der Waals surface area contributed by atoms with Crippen LogP contribution in [0.1, 0.15) is 21.6 Å². The van der Waals surface area contributed by atoms with Crippen molar-refractivity contribution in [1.82, 2.24) is 9.78 Å². The molecule has 0 radical (unpaired) electrons. The van der Waals surface area contributed by atoms with Gasteiger partial charge in [0, 0.05) is 24.4 Å². The molecular weight excluding hydrogens is 314 g/mol. The smallest absolute Gasteiger partial charge is 0.274 e. The van der Waals surface area contributed by atoms with Crippen LogP contribution in [0.2, 0.25) is 0 Å². The van der Waals surface area contributed by atoms with Crippen molar-refractivity contribution in [1.29, 1.82) is 0 Å². The molecule has 3 aromatic rings. The summed E-state index contributed by atoms with van der Waals surface area (Å²) in [7, 11) is 3.28.